The first-order chi connectivity index (χ1) is 11.3. The molecule has 1 aliphatic heterocycles. The number of benzene rings is 2. The molecule has 2 atom stereocenters. The maximum Gasteiger partial charge on any atom is 0.0453 e. The summed E-state index contributed by atoms with van der Waals surface area (Å²) < 4.78 is 0. The Morgan fingerprint density at radius 2 is 1.39 bits per heavy atom. The topological polar surface area (TPSA) is 15.3 Å². The highest BCUT2D eigenvalue weighted by molar-refractivity contribution is 5.22. The van der Waals surface area contributed by atoms with Gasteiger partial charge in [0.2, 0.25) is 0 Å². The van der Waals surface area contributed by atoms with Crippen molar-refractivity contribution in [2.75, 3.05) is 19.6 Å². The number of likely N-dealkylation sites (tertiary alicyclic amines) is 1. The Morgan fingerprint density at radius 1 is 0.826 bits per heavy atom. The van der Waals surface area contributed by atoms with E-state index in [1.54, 1.807) is 0 Å². The van der Waals surface area contributed by atoms with Gasteiger partial charge < -0.3 is 10.2 Å². The van der Waals surface area contributed by atoms with Crippen LogP contribution in [0, 0.1) is 0 Å². The molecule has 1 heterocycles. The van der Waals surface area contributed by atoms with Crippen molar-refractivity contribution in [3.8, 4) is 0 Å². The molecule has 2 aromatic rings. The Hall–Kier alpha value is -1.64. The van der Waals surface area contributed by atoms with Gasteiger partial charge in [0.05, 0.1) is 0 Å². The molecule has 0 aliphatic carbocycles. The van der Waals surface area contributed by atoms with Crippen LogP contribution in [0.2, 0.25) is 0 Å². The minimum atomic E-state index is 0.353. The molecule has 1 saturated heterocycles. The number of piperidine rings is 1. The van der Waals surface area contributed by atoms with Crippen LogP contribution in [-0.2, 0) is 0 Å². The minimum absolute atomic E-state index is 0.353. The van der Waals surface area contributed by atoms with Gasteiger partial charge in [-0.25, -0.2) is 0 Å². The summed E-state index contributed by atoms with van der Waals surface area (Å²) in [4.78, 5) is 2.62. The van der Waals surface area contributed by atoms with E-state index in [0.717, 1.165) is 6.54 Å². The summed E-state index contributed by atoms with van der Waals surface area (Å²) >= 11 is 0. The highest BCUT2D eigenvalue weighted by Gasteiger charge is 2.20. The van der Waals surface area contributed by atoms with Crippen LogP contribution < -0.4 is 5.32 Å². The number of hydrogen-bond donors (Lipinski definition) is 1. The van der Waals surface area contributed by atoms with E-state index >= 15 is 0 Å². The average molecular weight is 308 g/mol. The summed E-state index contributed by atoms with van der Waals surface area (Å²) in [5.74, 6) is 0. The number of nitrogens with one attached hydrogen (secondary N) is 1. The molecule has 23 heavy (non-hydrogen) atoms. The van der Waals surface area contributed by atoms with E-state index in [4.69, 9.17) is 0 Å². The van der Waals surface area contributed by atoms with Crippen molar-refractivity contribution in [2.45, 2.75) is 38.3 Å². The van der Waals surface area contributed by atoms with E-state index in [2.05, 4.69) is 77.8 Å². The molecule has 0 saturated carbocycles. The van der Waals surface area contributed by atoms with E-state index < -0.39 is 0 Å². The van der Waals surface area contributed by atoms with Crippen LogP contribution >= 0.6 is 0 Å². The van der Waals surface area contributed by atoms with E-state index in [1.807, 2.05) is 0 Å². The lowest BCUT2D eigenvalue weighted by molar-refractivity contribution is 0.201. The largest absolute Gasteiger partial charge is 0.302 e. The monoisotopic (exact) mass is 308 g/mol. The zero-order valence-electron chi connectivity index (χ0n) is 14.1. The van der Waals surface area contributed by atoms with Gasteiger partial charge in [0, 0.05) is 18.6 Å². The van der Waals surface area contributed by atoms with Crippen molar-refractivity contribution in [1.82, 2.24) is 10.2 Å². The quantitative estimate of drug-likeness (QED) is 0.841. The lowest BCUT2D eigenvalue weighted by atomic mass is 10.0. The first-order valence-electron chi connectivity index (χ1n) is 8.91. The first-order valence-corrected chi connectivity index (χ1v) is 8.91. The molecule has 1 fully saturated rings. The lowest BCUT2D eigenvalue weighted by Crippen LogP contribution is -2.39. The second-order valence-electron chi connectivity index (χ2n) is 6.62. The van der Waals surface area contributed by atoms with Crippen LogP contribution in [0.3, 0.4) is 0 Å². The van der Waals surface area contributed by atoms with Crippen molar-refractivity contribution >= 4 is 0 Å². The summed E-state index contributed by atoms with van der Waals surface area (Å²) in [6.45, 7) is 5.85. The normalized spacial score (nSPS) is 18.5. The van der Waals surface area contributed by atoms with Gasteiger partial charge in [-0.3, -0.25) is 0 Å². The van der Waals surface area contributed by atoms with Crippen LogP contribution in [0.4, 0.5) is 0 Å². The molecule has 0 amide bonds. The molecule has 2 nitrogen and oxygen atoms in total. The van der Waals surface area contributed by atoms with Crippen molar-refractivity contribution < 1.29 is 0 Å². The molecule has 122 valence electrons. The Kier molecular flexibility index (Phi) is 5.84. The van der Waals surface area contributed by atoms with Gasteiger partial charge in [0.25, 0.3) is 0 Å². The second-order valence-corrected chi connectivity index (χ2v) is 6.62. The molecule has 0 aromatic heterocycles. The maximum atomic E-state index is 3.86. The fourth-order valence-electron chi connectivity index (χ4n) is 3.48. The molecule has 1 aliphatic rings. The highest BCUT2D eigenvalue weighted by atomic mass is 15.2. The van der Waals surface area contributed by atoms with Crippen LogP contribution in [0.1, 0.15) is 49.4 Å². The molecule has 1 N–H and O–H groups in total. The van der Waals surface area contributed by atoms with Crippen molar-refractivity contribution in [3.05, 3.63) is 71.8 Å². The number of rotatable bonds is 6. The standard InChI is InChI=1S/C21H28N2/c1-18(19-11-5-2-6-12-19)22-21(20-13-7-3-8-14-20)17-23-15-9-4-10-16-23/h2-3,5-8,11-14,18,21-22H,4,9-10,15-17H2,1H3/t18-,21+/m1/s1. The van der Waals surface area contributed by atoms with Gasteiger partial charge in [-0.2, -0.15) is 0 Å². The van der Waals surface area contributed by atoms with Gasteiger partial charge in [0.1, 0.15) is 0 Å². The minimum Gasteiger partial charge on any atom is -0.302 e. The average Bonchev–Trinajstić information content (AvgIpc) is 2.63. The van der Waals surface area contributed by atoms with Gasteiger partial charge in [-0.05, 0) is 44.0 Å². The van der Waals surface area contributed by atoms with E-state index in [-0.39, 0.29) is 0 Å². The van der Waals surface area contributed by atoms with Crippen LogP contribution in [0.15, 0.2) is 60.7 Å². The Balaban J connectivity index is 1.72. The predicted octanol–water partition coefficient (Wildman–Crippen LogP) is 4.56. The fourth-order valence-corrected chi connectivity index (χ4v) is 3.48. The summed E-state index contributed by atoms with van der Waals surface area (Å²) in [6.07, 6.45) is 4.08. The zero-order chi connectivity index (χ0) is 15.9. The number of hydrogen-bond acceptors (Lipinski definition) is 2. The molecular weight excluding hydrogens is 280 g/mol. The summed E-state index contributed by atoms with van der Waals surface area (Å²) in [5, 5.41) is 3.86. The molecule has 3 rings (SSSR count). The summed E-state index contributed by atoms with van der Waals surface area (Å²) in [5.41, 5.74) is 2.74. The van der Waals surface area contributed by atoms with Crippen molar-refractivity contribution in [3.63, 3.8) is 0 Å². The van der Waals surface area contributed by atoms with Crippen molar-refractivity contribution in [2.24, 2.45) is 0 Å². The van der Waals surface area contributed by atoms with Crippen LogP contribution in [0.5, 0.6) is 0 Å². The Morgan fingerprint density at radius 3 is 2.00 bits per heavy atom. The zero-order valence-corrected chi connectivity index (χ0v) is 14.1. The third-order valence-electron chi connectivity index (χ3n) is 4.84. The van der Waals surface area contributed by atoms with Gasteiger partial charge >= 0.3 is 0 Å². The van der Waals surface area contributed by atoms with E-state index in [1.165, 1.54) is 43.5 Å². The first kappa shape index (κ1) is 16.2. The van der Waals surface area contributed by atoms with Crippen LogP contribution in [-0.4, -0.2) is 24.5 Å². The SMILES string of the molecule is C[C@@H](N[C@@H](CN1CCCCC1)c1ccccc1)c1ccccc1. The summed E-state index contributed by atoms with van der Waals surface area (Å²) in [7, 11) is 0. The highest BCUT2D eigenvalue weighted by Crippen LogP contribution is 2.22. The Bertz CT molecular complexity index is 561. The molecule has 2 aromatic carbocycles. The van der Waals surface area contributed by atoms with Crippen LogP contribution in [0.25, 0.3) is 0 Å². The molecule has 2 heteroatoms. The third-order valence-corrected chi connectivity index (χ3v) is 4.84. The second kappa shape index (κ2) is 8.28. The van der Waals surface area contributed by atoms with Gasteiger partial charge in [-0.15, -0.1) is 0 Å². The third kappa shape index (κ3) is 4.66. The van der Waals surface area contributed by atoms with Gasteiger partial charge in [0.15, 0.2) is 0 Å². The Labute approximate surface area is 140 Å². The maximum absolute atomic E-state index is 3.86. The fraction of sp³-hybridized carbons (Fsp3) is 0.429. The molecule has 0 unspecified atom stereocenters. The summed E-state index contributed by atoms with van der Waals surface area (Å²) in [6, 6.07) is 22.4. The number of nitrogens with zero attached hydrogens (tertiary/aromatic N) is 1. The van der Waals surface area contributed by atoms with E-state index in [9.17, 15) is 0 Å². The van der Waals surface area contributed by atoms with Crippen molar-refractivity contribution in [1.29, 1.82) is 0 Å². The molecule has 0 radical (unpaired) electrons. The molecular formula is C21H28N2. The van der Waals surface area contributed by atoms with E-state index in [0.29, 0.717) is 12.1 Å². The molecule has 0 spiro atoms. The molecule has 0 bridgehead atoms. The van der Waals surface area contributed by atoms with Gasteiger partial charge in [-0.1, -0.05) is 67.1 Å². The lowest BCUT2D eigenvalue weighted by Gasteiger charge is -2.32. The predicted molar refractivity (Wildman–Crippen MR) is 97.5 cm³/mol. The smallest absolute Gasteiger partial charge is 0.0453 e.